The highest BCUT2D eigenvalue weighted by atomic mass is 32.2. The molecule has 3 aromatic rings. The molecule has 6 heteroatoms. The summed E-state index contributed by atoms with van der Waals surface area (Å²) in [5.41, 5.74) is 2.30. The van der Waals surface area contributed by atoms with Crippen molar-refractivity contribution in [3.05, 3.63) is 77.9 Å². The lowest BCUT2D eigenvalue weighted by atomic mass is 10.0. The Morgan fingerprint density at radius 3 is 2.62 bits per heavy atom. The maximum absolute atomic E-state index is 13.1. The van der Waals surface area contributed by atoms with Gasteiger partial charge in [-0.25, -0.2) is 0 Å². The molecule has 1 saturated heterocycles. The largest absolute Gasteiger partial charge is 0.467 e. The Kier molecular flexibility index (Phi) is 9.51. The van der Waals surface area contributed by atoms with Crippen LogP contribution >= 0.6 is 0 Å². The molecular formula is C28H34O5S. The maximum atomic E-state index is 13.1. The summed E-state index contributed by atoms with van der Waals surface area (Å²) < 4.78 is 35.9. The van der Waals surface area contributed by atoms with E-state index in [9.17, 15) is 4.21 Å². The van der Waals surface area contributed by atoms with Gasteiger partial charge < -0.3 is 18.9 Å². The van der Waals surface area contributed by atoms with Gasteiger partial charge in [-0.1, -0.05) is 60.7 Å². The first-order valence-corrected chi connectivity index (χ1v) is 13.5. The van der Waals surface area contributed by atoms with Crippen molar-refractivity contribution in [2.75, 3.05) is 32.0 Å². The fourth-order valence-corrected chi connectivity index (χ4v) is 5.61. The second kappa shape index (κ2) is 13.0. The maximum Gasteiger partial charge on any atom is 0.188 e. The van der Waals surface area contributed by atoms with E-state index < -0.39 is 10.8 Å². The molecule has 0 aliphatic carbocycles. The van der Waals surface area contributed by atoms with Crippen LogP contribution in [0.4, 0.5) is 0 Å². The molecule has 4 rings (SSSR count). The first-order chi connectivity index (χ1) is 16.7. The summed E-state index contributed by atoms with van der Waals surface area (Å²) in [5.74, 6) is 1.93. The van der Waals surface area contributed by atoms with Crippen LogP contribution in [0.25, 0.3) is 10.8 Å². The van der Waals surface area contributed by atoms with Crippen molar-refractivity contribution in [2.24, 2.45) is 0 Å². The Morgan fingerprint density at radius 2 is 1.82 bits per heavy atom. The molecule has 0 amide bonds. The number of methoxy groups -OCH3 is 1. The third-order valence-electron chi connectivity index (χ3n) is 6.09. The Labute approximate surface area is 204 Å². The smallest absolute Gasteiger partial charge is 0.188 e. The van der Waals surface area contributed by atoms with Gasteiger partial charge in [-0.2, -0.15) is 0 Å². The van der Waals surface area contributed by atoms with Crippen LogP contribution in [0.3, 0.4) is 0 Å². The zero-order valence-electron chi connectivity index (χ0n) is 19.8. The minimum absolute atomic E-state index is 0.207. The topological polar surface area (TPSA) is 54.0 Å². The van der Waals surface area contributed by atoms with Crippen LogP contribution in [-0.2, 0) is 31.4 Å². The highest BCUT2D eigenvalue weighted by Crippen LogP contribution is 2.29. The lowest BCUT2D eigenvalue weighted by Gasteiger charge is -2.28. The summed E-state index contributed by atoms with van der Waals surface area (Å²) in [5, 5.41) is 2.24. The van der Waals surface area contributed by atoms with Crippen molar-refractivity contribution in [1.29, 1.82) is 0 Å². The summed E-state index contributed by atoms with van der Waals surface area (Å²) in [6, 6.07) is 22.4. The molecule has 0 aromatic heterocycles. The number of aryl methyl sites for hydroxylation is 1. The molecule has 3 atom stereocenters. The summed E-state index contributed by atoms with van der Waals surface area (Å²) in [7, 11) is 0.625. The third kappa shape index (κ3) is 6.89. The average Bonchev–Trinajstić information content (AvgIpc) is 2.88. The first-order valence-electron chi connectivity index (χ1n) is 12.0. The van der Waals surface area contributed by atoms with Crippen molar-refractivity contribution < 1.29 is 23.2 Å². The Bertz CT molecular complexity index is 1050. The van der Waals surface area contributed by atoms with Gasteiger partial charge >= 0.3 is 0 Å². The Balaban J connectivity index is 1.36. The van der Waals surface area contributed by atoms with E-state index in [-0.39, 0.29) is 19.2 Å². The number of rotatable bonds is 12. The van der Waals surface area contributed by atoms with Crippen molar-refractivity contribution in [1.82, 2.24) is 0 Å². The average molecular weight is 483 g/mol. The van der Waals surface area contributed by atoms with E-state index >= 15 is 0 Å². The zero-order valence-corrected chi connectivity index (χ0v) is 20.6. The molecule has 1 aliphatic rings. The molecule has 0 N–H and O–H groups in total. The standard InChI is InChI=1S/C28H34O5S/c1-30-21-32-26-16-8-14-24-22(12-7-15-25(24)26)13-9-19-34(29)20-27(23-10-3-2-4-11-23)33-28-17-5-6-18-31-28/h2-4,7-8,10-12,14-16,27-28H,5-6,9,13,17-21H2,1H3. The van der Waals surface area contributed by atoms with Crippen LogP contribution in [0.2, 0.25) is 0 Å². The summed E-state index contributed by atoms with van der Waals surface area (Å²) in [6.07, 6.45) is 4.36. The van der Waals surface area contributed by atoms with E-state index in [0.717, 1.165) is 55.4 Å². The second-order valence-corrected chi connectivity index (χ2v) is 10.2. The molecule has 0 spiro atoms. The van der Waals surface area contributed by atoms with E-state index in [2.05, 4.69) is 24.3 Å². The monoisotopic (exact) mass is 482 g/mol. The molecule has 3 aromatic carbocycles. The first kappa shape index (κ1) is 24.9. The molecule has 1 heterocycles. The Hall–Kier alpha value is -2.25. The lowest BCUT2D eigenvalue weighted by molar-refractivity contribution is -0.185. The fraction of sp³-hybridized carbons (Fsp3) is 0.429. The fourth-order valence-electron chi connectivity index (χ4n) is 4.37. The van der Waals surface area contributed by atoms with Gasteiger partial charge in [0, 0.05) is 35.7 Å². The van der Waals surface area contributed by atoms with Crippen LogP contribution in [0, 0.1) is 0 Å². The van der Waals surface area contributed by atoms with Crippen LogP contribution < -0.4 is 4.74 Å². The molecule has 34 heavy (non-hydrogen) atoms. The predicted molar refractivity (Wildman–Crippen MR) is 137 cm³/mol. The van der Waals surface area contributed by atoms with E-state index in [1.54, 1.807) is 7.11 Å². The third-order valence-corrected chi connectivity index (χ3v) is 7.50. The molecule has 0 radical (unpaired) electrons. The number of hydrogen-bond acceptors (Lipinski definition) is 5. The van der Waals surface area contributed by atoms with Gasteiger partial charge in [0.25, 0.3) is 0 Å². The van der Waals surface area contributed by atoms with Gasteiger partial charge in [0.15, 0.2) is 13.1 Å². The SMILES string of the molecule is COCOc1cccc2c(CCCS(=O)CC(OC3CCCCO3)c3ccccc3)cccc12. The van der Waals surface area contributed by atoms with Crippen LogP contribution in [0.5, 0.6) is 5.75 Å². The highest BCUT2D eigenvalue weighted by Gasteiger charge is 2.23. The van der Waals surface area contributed by atoms with Gasteiger partial charge in [0.2, 0.25) is 0 Å². The molecule has 5 nitrogen and oxygen atoms in total. The number of ether oxygens (including phenoxy) is 4. The highest BCUT2D eigenvalue weighted by molar-refractivity contribution is 7.85. The molecule has 0 saturated carbocycles. The van der Waals surface area contributed by atoms with Crippen LogP contribution in [-0.4, -0.2) is 42.5 Å². The zero-order chi connectivity index (χ0) is 23.6. The summed E-state index contributed by atoms with van der Waals surface area (Å²) >= 11 is 0. The van der Waals surface area contributed by atoms with Gasteiger partial charge in [0.1, 0.15) is 5.75 Å². The number of fused-ring (bicyclic) bond motifs is 1. The number of hydrogen-bond donors (Lipinski definition) is 0. The normalized spacial score (nSPS) is 18.0. The van der Waals surface area contributed by atoms with E-state index in [0.29, 0.717) is 11.5 Å². The molecule has 0 bridgehead atoms. The summed E-state index contributed by atoms with van der Waals surface area (Å²) in [6.45, 7) is 0.956. The molecule has 1 fully saturated rings. The minimum Gasteiger partial charge on any atom is -0.467 e. The predicted octanol–water partition coefficient (Wildman–Crippen LogP) is 5.79. The van der Waals surface area contributed by atoms with Crippen LogP contribution in [0.1, 0.15) is 42.9 Å². The minimum atomic E-state index is -0.993. The van der Waals surface area contributed by atoms with E-state index in [4.69, 9.17) is 18.9 Å². The quantitative estimate of drug-likeness (QED) is 0.306. The Morgan fingerprint density at radius 1 is 1.00 bits per heavy atom. The summed E-state index contributed by atoms with van der Waals surface area (Å²) in [4.78, 5) is 0. The van der Waals surface area contributed by atoms with E-state index in [1.165, 1.54) is 10.9 Å². The van der Waals surface area contributed by atoms with Crippen molar-refractivity contribution in [3.8, 4) is 5.75 Å². The van der Waals surface area contributed by atoms with Crippen molar-refractivity contribution >= 4 is 21.6 Å². The van der Waals surface area contributed by atoms with Gasteiger partial charge in [0.05, 0.1) is 11.9 Å². The molecule has 3 unspecified atom stereocenters. The molecule has 1 aliphatic heterocycles. The number of benzene rings is 3. The molecular weight excluding hydrogens is 448 g/mol. The van der Waals surface area contributed by atoms with Crippen molar-refractivity contribution in [3.63, 3.8) is 0 Å². The van der Waals surface area contributed by atoms with Gasteiger partial charge in [-0.15, -0.1) is 0 Å². The second-order valence-electron chi connectivity index (χ2n) is 8.56. The van der Waals surface area contributed by atoms with Gasteiger partial charge in [-0.05, 0) is 54.7 Å². The van der Waals surface area contributed by atoms with Gasteiger partial charge in [-0.3, -0.25) is 4.21 Å². The van der Waals surface area contributed by atoms with Crippen LogP contribution in [0.15, 0.2) is 66.7 Å². The molecule has 182 valence electrons. The van der Waals surface area contributed by atoms with Crippen molar-refractivity contribution in [2.45, 2.75) is 44.5 Å². The lowest BCUT2D eigenvalue weighted by Crippen LogP contribution is -2.27. The van der Waals surface area contributed by atoms with E-state index in [1.807, 2.05) is 42.5 Å².